The van der Waals surface area contributed by atoms with Crippen LogP contribution in [-0.4, -0.2) is 18.9 Å². The summed E-state index contributed by atoms with van der Waals surface area (Å²) in [6.07, 6.45) is 5.26. The number of nitrogens with one attached hydrogen (secondary N) is 1. The van der Waals surface area contributed by atoms with Gasteiger partial charge < -0.3 is 5.32 Å². The molecule has 0 unspecified atom stereocenters. The smallest absolute Gasteiger partial charge is 0.100 e. The number of rotatable bonds is 3. The Morgan fingerprint density at radius 1 is 1.29 bits per heavy atom. The van der Waals surface area contributed by atoms with Gasteiger partial charge in [0.25, 0.3) is 0 Å². The zero-order chi connectivity index (χ0) is 12.1. The molecule has 0 aliphatic carbocycles. The monoisotopic (exact) mass is 292 g/mol. The Morgan fingerprint density at radius 3 is 2.82 bits per heavy atom. The molecule has 0 aromatic heterocycles. The molecule has 1 atom stereocenters. The average Bonchev–Trinajstić information content (AvgIpc) is 2.61. The molecule has 1 N–H and O–H groups in total. The minimum absolute atomic E-state index is 0.441. The second-order valence-corrected chi connectivity index (χ2v) is 5.23. The molecule has 0 bridgehead atoms. The Morgan fingerprint density at radius 2 is 2.06 bits per heavy atom. The van der Waals surface area contributed by atoms with Gasteiger partial charge in [-0.25, -0.2) is 0 Å². The van der Waals surface area contributed by atoms with E-state index >= 15 is 0 Å². The topological polar surface area (TPSA) is 24.4 Å². The van der Waals surface area contributed by atoms with Crippen molar-refractivity contribution in [2.24, 2.45) is 10.9 Å². The Balaban J connectivity index is 1.98. The number of benzene rings is 1. The van der Waals surface area contributed by atoms with E-state index in [1.165, 1.54) is 5.56 Å². The first-order valence-corrected chi connectivity index (χ1v) is 6.72. The number of amidine groups is 1. The average molecular weight is 293 g/mol. The Hall–Kier alpha value is -1.09. The van der Waals surface area contributed by atoms with E-state index < -0.39 is 0 Å². The Kier molecular flexibility index (Phi) is 4.37. The van der Waals surface area contributed by atoms with Gasteiger partial charge in [-0.1, -0.05) is 47.1 Å². The molecule has 0 saturated carbocycles. The summed E-state index contributed by atoms with van der Waals surface area (Å²) in [6.45, 7) is 3.91. The maximum absolute atomic E-state index is 4.55. The number of hydrogen-bond donors (Lipinski definition) is 1. The number of halogens is 1. The van der Waals surface area contributed by atoms with Gasteiger partial charge >= 0.3 is 0 Å². The highest BCUT2D eigenvalue weighted by molar-refractivity contribution is 9.10. The van der Waals surface area contributed by atoms with Crippen LogP contribution in [0.3, 0.4) is 0 Å². The van der Waals surface area contributed by atoms with Crippen molar-refractivity contribution in [1.82, 2.24) is 5.32 Å². The first kappa shape index (κ1) is 12.4. The van der Waals surface area contributed by atoms with Crippen molar-refractivity contribution < 1.29 is 0 Å². The first-order valence-electron chi connectivity index (χ1n) is 5.93. The molecule has 1 aliphatic rings. The molecule has 3 heteroatoms. The molecule has 0 radical (unpaired) electrons. The van der Waals surface area contributed by atoms with Crippen molar-refractivity contribution in [1.29, 1.82) is 0 Å². The minimum atomic E-state index is 0.441. The number of aliphatic imine (C=N–C) groups is 1. The van der Waals surface area contributed by atoms with E-state index in [4.69, 9.17) is 0 Å². The van der Waals surface area contributed by atoms with Crippen LogP contribution in [-0.2, 0) is 6.42 Å². The maximum atomic E-state index is 4.55. The van der Waals surface area contributed by atoms with Gasteiger partial charge in [-0.05, 0) is 24.1 Å². The molecule has 0 fully saturated rings. The zero-order valence-electron chi connectivity index (χ0n) is 9.99. The third-order valence-electron chi connectivity index (χ3n) is 2.86. The molecule has 90 valence electrons. The molecule has 0 spiro atoms. The molecule has 0 saturated heterocycles. The van der Waals surface area contributed by atoms with Gasteiger partial charge in [0.2, 0.25) is 0 Å². The summed E-state index contributed by atoms with van der Waals surface area (Å²) in [6, 6.07) is 8.50. The van der Waals surface area contributed by atoms with Crippen molar-refractivity contribution in [3.63, 3.8) is 0 Å². The van der Waals surface area contributed by atoms with Crippen LogP contribution in [0.1, 0.15) is 12.5 Å². The van der Waals surface area contributed by atoms with Crippen molar-refractivity contribution >= 4 is 21.8 Å². The van der Waals surface area contributed by atoms with Crippen LogP contribution in [0, 0.1) is 5.92 Å². The third-order valence-corrected chi connectivity index (χ3v) is 3.39. The summed E-state index contributed by atoms with van der Waals surface area (Å²) in [7, 11) is 0. The van der Waals surface area contributed by atoms with E-state index in [1.54, 1.807) is 0 Å². The fourth-order valence-corrected chi connectivity index (χ4v) is 2.19. The van der Waals surface area contributed by atoms with E-state index in [2.05, 4.69) is 69.6 Å². The molecule has 1 heterocycles. The van der Waals surface area contributed by atoms with Gasteiger partial charge in [-0.2, -0.15) is 0 Å². The van der Waals surface area contributed by atoms with Gasteiger partial charge in [-0.3, -0.25) is 4.99 Å². The third kappa shape index (κ3) is 3.70. The SMILES string of the molecule is C[C@@H](Cc1ccc(Br)cc1)C1=NCC=CCN1. The highest BCUT2D eigenvalue weighted by atomic mass is 79.9. The Labute approximate surface area is 111 Å². The van der Waals surface area contributed by atoms with E-state index in [9.17, 15) is 0 Å². The van der Waals surface area contributed by atoms with Crippen LogP contribution in [0.15, 0.2) is 45.9 Å². The van der Waals surface area contributed by atoms with Crippen LogP contribution in [0.5, 0.6) is 0 Å². The van der Waals surface area contributed by atoms with Crippen LogP contribution < -0.4 is 5.32 Å². The van der Waals surface area contributed by atoms with Crippen LogP contribution >= 0.6 is 15.9 Å². The fourth-order valence-electron chi connectivity index (χ4n) is 1.93. The van der Waals surface area contributed by atoms with Crippen molar-refractivity contribution in [3.05, 3.63) is 46.5 Å². The molecular weight excluding hydrogens is 276 g/mol. The second kappa shape index (κ2) is 6.01. The summed E-state index contributed by atoms with van der Waals surface area (Å²) in [4.78, 5) is 4.55. The highest BCUT2D eigenvalue weighted by Gasteiger charge is 2.11. The molecule has 2 rings (SSSR count). The normalized spacial score (nSPS) is 16.9. The zero-order valence-corrected chi connectivity index (χ0v) is 11.6. The Bertz CT molecular complexity index is 420. The van der Waals surface area contributed by atoms with Crippen LogP contribution in [0.4, 0.5) is 0 Å². The van der Waals surface area contributed by atoms with Gasteiger partial charge in [0.05, 0.1) is 6.54 Å². The fraction of sp³-hybridized carbons (Fsp3) is 0.357. The lowest BCUT2D eigenvalue weighted by Gasteiger charge is -2.15. The lowest BCUT2D eigenvalue weighted by Crippen LogP contribution is -2.30. The van der Waals surface area contributed by atoms with E-state index in [0.29, 0.717) is 5.92 Å². The van der Waals surface area contributed by atoms with Crippen molar-refractivity contribution in [3.8, 4) is 0 Å². The van der Waals surface area contributed by atoms with Crippen molar-refractivity contribution in [2.45, 2.75) is 13.3 Å². The van der Waals surface area contributed by atoms with E-state index in [-0.39, 0.29) is 0 Å². The highest BCUT2D eigenvalue weighted by Crippen LogP contribution is 2.14. The van der Waals surface area contributed by atoms with Crippen molar-refractivity contribution in [2.75, 3.05) is 13.1 Å². The lowest BCUT2D eigenvalue weighted by molar-refractivity contribution is 0.730. The van der Waals surface area contributed by atoms with Gasteiger partial charge in [-0.15, -0.1) is 0 Å². The van der Waals surface area contributed by atoms with Gasteiger partial charge in [0.1, 0.15) is 5.84 Å². The molecule has 1 aromatic rings. The molecular formula is C14H17BrN2. The predicted molar refractivity (Wildman–Crippen MR) is 76.5 cm³/mol. The number of hydrogen-bond acceptors (Lipinski definition) is 2. The van der Waals surface area contributed by atoms with Crippen LogP contribution in [0.25, 0.3) is 0 Å². The summed E-state index contributed by atoms with van der Waals surface area (Å²) < 4.78 is 1.13. The minimum Gasteiger partial charge on any atom is -0.370 e. The summed E-state index contributed by atoms with van der Waals surface area (Å²) in [5.41, 5.74) is 1.35. The van der Waals surface area contributed by atoms with Gasteiger partial charge in [0, 0.05) is 16.9 Å². The standard InChI is InChI=1S/C14H17BrN2/c1-11(14-16-8-2-3-9-17-14)10-12-4-6-13(15)7-5-12/h2-7,11H,8-10H2,1H3,(H,16,17)/t11-/m0/s1. The second-order valence-electron chi connectivity index (χ2n) is 4.31. The molecule has 17 heavy (non-hydrogen) atoms. The van der Waals surface area contributed by atoms with E-state index in [0.717, 1.165) is 29.8 Å². The predicted octanol–water partition coefficient (Wildman–Crippen LogP) is 3.19. The maximum Gasteiger partial charge on any atom is 0.100 e. The van der Waals surface area contributed by atoms with Crippen LogP contribution in [0.2, 0.25) is 0 Å². The molecule has 1 aliphatic heterocycles. The van der Waals surface area contributed by atoms with Gasteiger partial charge in [0.15, 0.2) is 0 Å². The summed E-state index contributed by atoms with van der Waals surface area (Å²) in [5, 5.41) is 3.37. The summed E-state index contributed by atoms with van der Waals surface area (Å²) in [5.74, 6) is 1.56. The first-order chi connectivity index (χ1) is 8.25. The molecule has 0 amide bonds. The molecule has 1 aromatic carbocycles. The lowest BCUT2D eigenvalue weighted by atomic mass is 10.00. The molecule has 2 nitrogen and oxygen atoms in total. The largest absolute Gasteiger partial charge is 0.370 e. The van der Waals surface area contributed by atoms with E-state index in [1.807, 2.05) is 0 Å². The quantitative estimate of drug-likeness (QED) is 0.850. The number of nitrogens with zero attached hydrogens (tertiary/aromatic N) is 1. The summed E-state index contributed by atoms with van der Waals surface area (Å²) >= 11 is 3.45.